The molecular weight excluding hydrogens is 461 g/mol. The lowest BCUT2D eigenvalue weighted by Crippen LogP contribution is -2.29. The molecule has 2 amide bonds. The monoisotopic (exact) mass is 478 g/mol. The second kappa shape index (κ2) is 10.1. The number of para-hydroxylation sites is 1. The Morgan fingerprint density at radius 2 is 1.70 bits per heavy atom. The summed E-state index contributed by atoms with van der Waals surface area (Å²) in [5, 5.41) is 17.5. The number of carboxylic acid groups (broad SMARTS) is 1. The number of amides is 2. The van der Waals surface area contributed by atoms with Gasteiger partial charge in [-0.05, 0) is 29.8 Å². The molecule has 3 aromatic rings. The molecule has 172 valence electrons. The molecule has 3 rings (SSSR count). The van der Waals surface area contributed by atoms with Gasteiger partial charge in [0, 0.05) is 23.2 Å². The van der Waals surface area contributed by atoms with Gasteiger partial charge >= 0.3 is 12.1 Å². The molecule has 1 heterocycles. The quantitative estimate of drug-likeness (QED) is 0.391. The molecule has 0 aliphatic carbocycles. The van der Waals surface area contributed by atoms with E-state index in [4.69, 9.17) is 5.11 Å². The van der Waals surface area contributed by atoms with Crippen molar-refractivity contribution in [3.8, 4) is 0 Å². The number of hydrogen-bond donors (Lipinski definition) is 4. The first-order chi connectivity index (χ1) is 15.6. The summed E-state index contributed by atoms with van der Waals surface area (Å²) in [5.74, 6) is -2.38. The first-order valence-corrected chi connectivity index (χ1v) is 10.3. The van der Waals surface area contributed by atoms with Crippen molar-refractivity contribution in [2.45, 2.75) is 12.7 Å². The van der Waals surface area contributed by atoms with Crippen LogP contribution in [0, 0.1) is 0 Å². The zero-order valence-electron chi connectivity index (χ0n) is 16.8. The van der Waals surface area contributed by atoms with Crippen LogP contribution in [0.15, 0.2) is 53.9 Å². The highest BCUT2D eigenvalue weighted by molar-refractivity contribution is 7.14. The molecule has 0 atom stereocenters. The molecule has 0 aliphatic rings. The van der Waals surface area contributed by atoms with Crippen molar-refractivity contribution in [1.29, 1.82) is 0 Å². The molecule has 1 aromatic heterocycles. The van der Waals surface area contributed by atoms with Crippen LogP contribution in [0.5, 0.6) is 0 Å². The maximum atomic E-state index is 13.1. The molecule has 0 saturated carbocycles. The van der Waals surface area contributed by atoms with Crippen LogP contribution in [-0.2, 0) is 17.5 Å². The van der Waals surface area contributed by atoms with Gasteiger partial charge in [-0.2, -0.15) is 13.2 Å². The summed E-state index contributed by atoms with van der Waals surface area (Å²) in [6.45, 7) is -0.433. The summed E-state index contributed by atoms with van der Waals surface area (Å²) in [4.78, 5) is 38.6. The van der Waals surface area contributed by atoms with Crippen LogP contribution in [0.2, 0.25) is 0 Å². The molecule has 8 nitrogen and oxygen atoms in total. The van der Waals surface area contributed by atoms with Crippen molar-refractivity contribution in [3.05, 3.63) is 76.3 Å². The molecule has 0 saturated heterocycles. The van der Waals surface area contributed by atoms with Crippen LogP contribution in [0.1, 0.15) is 32.0 Å². The van der Waals surface area contributed by atoms with E-state index in [-0.39, 0.29) is 28.6 Å². The number of benzene rings is 2. The van der Waals surface area contributed by atoms with E-state index in [1.54, 1.807) is 12.1 Å². The lowest BCUT2D eigenvalue weighted by atomic mass is 10.1. The molecule has 0 radical (unpaired) electrons. The molecule has 33 heavy (non-hydrogen) atoms. The van der Waals surface area contributed by atoms with Crippen molar-refractivity contribution in [2.24, 2.45) is 0 Å². The van der Waals surface area contributed by atoms with E-state index in [0.29, 0.717) is 5.56 Å². The minimum absolute atomic E-state index is 0.0305. The standard InChI is InChI=1S/C21H17F3N4O4S/c22-21(23,24)14-3-1-2-4-15(14)25-9-12-5-7-13(8-6-12)18(31)28-20-27-16(11-33-20)19(32)26-10-17(29)30/h1-8,11,25H,9-10H2,(H,26,32)(H,29,30)(H,27,28,31). The number of rotatable bonds is 8. The Bertz CT molecular complexity index is 1160. The molecule has 0 unspecified atom stereocenters. The smallest absolute Gasteiger partial charge is 0.418 e. The number of halogens is 3. The van der Waals surface area contributed by atoms with Gasteiger partial charge in [0.25, 0.3) is 11.8 Å². The SMILES string of the molecule is O=C(O)CNC(=O)c1csc(NC(=O)c2ccc(CNc3ccccc3C(F)(F)F)cc2)n1. The van der Waals surface area contributed by atoms with Crippen LogP contribution < -0.4 is 16.0 Å². The lowest BCUT2D eigenvalue weighted by molar-refractivity contribution is -0.137. The topological polar surface area (TPSA) is 120 Å². The summed E-state index contributed by atoms with van der Waals surface area (Å²) >= 11 is 0.994. The van der Waals surface area contributed by atoms with Crippen molar-refractivity contribution in [1.82, 2.24) is 10.3 Å². The van der Waals surface area contributed by atoms with Crippen LogP contribution in [0.25, 0.3) is 0 Å². The summed E-state index contributed by atoms with van der Waals surface area (Å²) < 4.78 is 39.2. The van der Waals surface area contributed by atoms with Crippen molar-refractivity contribution < 1.29 is 32.7 Å². The van der Waals surface area contributed by atoms with Gasteiger partial charge in [0.15, 0.2) is 5.13 Å². The molecule has 0 bridgehead atoms. The van der Waals surface area contributed by atoms with Gasteiger partial charge in [-0.1, -0.05) is 24.3 Å². The fourth-order valence-corrected chi connectivity index (χ4v) is 3.39. The Morgan fingerprint density at radius 1 is 1.00 bits per heavy atom. The largest absolute Gasteiger partial charge is 0.480 e. The van der Waals surface area contributed by atoms with E-state index in [2.05, 4.69) is 20.9 Å². The number of nitrogens with one attached hydrogen (secondary N) is 3. The van der Waals surface area contributed by atoms with Crippen LogP contribution in [0.3, 0.4) is 0 Å². The summed E-state index contributed by atoms with van der Waals surface area (Å²) in [6, 6.07) is 11.4. The van der Waals surface area contributed by atoms with Crippen molar-refractivity contribution in [2.75, 3.05) is 17.2 Å². The minimum atomic E-state index is -4.47. The van der Waals surface area contributed by atoms with Gasteiger partial charge in [0.2, 0.25) is 0 Å². The Kier molecular flexibility index (Phi) is 7.28. The van der Waals surface area contributed by atoms with Crippen molar-refractivity contribution in [3.63, 3.8) is 0 Å². The van der Waals surface area contributed by atoms with Crippen LogP contribution in [0.4, 0.5) is 24.0 Å². The number of carbonyl (C=O) groups excluding carboxylic acids is 2. The van der Waals surface area contributed by atoms with Gasteiger partial charge < -0.3 is 15.7 Å². The highest BCUT2D eigenvalue weighted by Gasteiger charge is 2.33. The molecule has 2 aromatic carbocycles. The number of carbonyl (C=O) groups is 3. The zero-order valence-corrected chi connectivity index (χ0v) is 17.6. The number of thiazole rings is 1. The fourth-order valence-electron chi connectivity index (χ4n) is 2.71. The van der Waals surface area contributed by atoms with E-state index in [1.165, 1.54) is 35.7 Å². The highest BCUT2D eigenvalue weighted by atomic mass is 32.1. The van der Waals surface area contributed by atoms with Gasteiger partial charge in [-0.25, -0.2) is 4.98 Å². The van der Waals surface area contributed by atoms with Crippen LogP contribution in [-0.4, -0.2) is 34.4 Å². The molecule has 4 N–H and O–H groups in total. The summed E-state index contributed by atoms with van der Waals surface area (Å²) in [7, 11) is 0. The number of alkyl halides is 3. The third-order valence-electron chi connectivity index (χ3n) is 4.29. The van der Waals surface area contributed by atoms with Gasteiger partial charge in [-0.3, -0.25) is 19.7 Å². The third-order valence-corrected chi connectivity index (χ3v) is 5.05. The number of nitrogens with zero attached hydrogens (tertiary/aromatic N) is 1. The molecule has 0 fully saturated rings. The van der Waals surface area contributed by atoms with Crippen molar-refractivity contribution >= 4 is 39.9 Å². The second-order valence-electron chi connectivity index (χ2n) is 6.66. The van der Waals surface area contributed by atoms with E-state index < -0.39 is 36.1 Å². The number of aromatic nitrogens is 1. The Morgan fingerprint density at radius 3 is 2.36 bits per heavy atom. The highest BCUT2D eigenvalue weighted by Crippen LogP contribution is 2.34. The molecule has 12 heteroatoms. The summed E-state index contributed by atoms with van der Waals surface area (Å²) in [5.41, 5.74) is 0.105. The summed E-state index contributed by atoms with van der Waals surface area (Å²) in [6.07, 6.45) is -4.47. The number of hydrogen-bond acceptors (Lipinski definition) is 6. The molecule has 0 spiro atoms. The third kappa shape index (κ3) is 6.53. The lowest BCUT2D eigenvalue weighted by Gasteiger charge is -2.14. The Labute approximate surface area is 189 Å². The zero-order chi connectivity index (χ0) is 24.0. The number of aliphatic carboxylic acids is 1. The molecular formula is C21H17F3N4O4S. The van der Waals surface area contributed by atoms with Gasteiger partial charge in [0.05, 0.1) is 5.56 Å². The average molecular weight is 478 g/mol. The van der Waals surface area contributed by atoms with Gasteiger partial charge in [-0.15, -0.1) is 11.3 Å². The maximum absolute atomic E-state index is 13.1. The normalized spacial score (nSPS) is 11.0. The van der Waals surface area contributed by atoms with E-state index in [9.17, 15) is 27.6 Å². The Balaban J connectivity index is 1.58. The second-order valence-corrected chi connectivity index (χ2v) is 7.52. The fraction of sp³-hybridized carbons (Fsp3) is 0.143. The van der Waals surface area contributed by atoms with E-state index in [0.717, 1.165) is 17.4 Å². The van der Waals surface area contributed by atoms with E-state index >= 15 is 0 Å². The average Bonchev–Trinajstić information content (AvgIpc) is 3.24. The first kappa shape index (κ1) is 23.7. The predicted octanol–water partition coefficient (Wildman–Crippen LogP) is 3.84. The number of anilines is 2. The maximum Gasteiger partial charge on any atom is 0.418 e. The number of carboxylic acids is 1. The first-order valence-electron chi connectivity index (χ1n) is 9.39. The molecule has 0 aliphatic heterocycles. The van der Waals surface area contributed by atoms with Crippen LogP contribution >= 0.6 is 11.3 Å². The predicted molar refractivity (Wildman–Crippen MR) is 115 cm³/mol. The Hall–Kier alpha value is -3.93. The minimum Gasteiger partial charge on any atom is -0.480 e. The van der Waals surface area contributed by atoms with Gasteiger partial charge in [0.1, 0.15) is 12.2 Å². The van der Waals surface area contributed by atoms with E-state index in [1.807, 2.05) is 0 Å².